The normalized spacial score (nSPS) is 15.6. The summed E-state index contributed by atoms with van der Waals surface area (Å²) in [5.74, 6) is -0.592. The van der Waals surface area contributed by atoms with E-state index in [9.17, 15) is 14.4 Å². The first-order valence-corrected chi connectivity index (χ1v) is 8.55. The Hall–Kier alpha value is -2.16. The number of nitrogens with zero attached hydrogens (tertiary/aromatic N) is 1. The Morgan fingerprint density at radius 2 is 2.08 bits per heavy atom. The van der Waals surface area contributed by atoms with Crippen LogP contribution in [0.4, 0.5) is 9.93 Å². The molecule has 8 nitrogen and oxygen atoms in total. The van der Waals surface area contributed by atoms with Gasteiger partial charge in [-0.2, -0.15) is 0 Å². The highest BCUT2D eigenvalue weighted by molar-refractivity contribution is 7.17. The van der Waals surface area contributed by atoms with Crippen molar-refractivity contribution in [2.45, 2.75) is 52.2 Å². The number of rotatable bonds is 3. The maximum absolute atomic E-state index is 12.2. The van der Waals surface area contributed by atoms with Crippen LogP contribution in [0.1, 0.15) is 49.5 Å². The zero-order valence-corrected chi connectivity index (χ0v) is 15.0. The van der Waals surface area contributed by atoms with Gasteiger partial charge < -0.3 is 20.7 Å². The van der Waals surface area contributed by atoms with Gasteiger partial charge in [0, 0.05) is 6.54 Å². The molecule has 0 bridgehead atoms. The summed E-state index contributed by atoms with van der Waals surface area (Å²) in [6.45, 7) is 7.39. The van der Waals surface area contributed by atoms with Gasteiger partial charge in [-0.3, -0.25) is 9.59 Å². The lowest BCUT2D eigenvalue weighted by Gasteiger charge is -2.21. The molecule has 2 heterocycles. The number of fused-ring (bicyclic) bond motifs is 1. The van der Waals surface area contributed by atoms with E-state index in [1.165, 1.54) is 0 Å². The fraction of sp³-hybridized carbons (Fsp3) is 0.600. The number of aryl methyl sites for hydroxylation is 1. The van der Waals surface area contributed by atoms with Gasteiger partial charge in [0.1, 0.15) is 16.5 Å². The summed E-state index contributed by atoms with van der Waals surface area (Å²) in [5, 5.41) is 8.22. The fourth-order valence-corrected chi connectivity index (χ4v) is 2.98. The molecule has 0 saturated carbocycles. The molecule has 1 aromatic heterocycles. The average Bonchev–Trinajstić information content (AvgIpc) is 2.76. The van der Waals surface area contributed by atoms with Crippen LogP contribution in [0, 0.1) is 0 Å². The van der Waals surface area contributed by atoms with Crippen LogP contribution in [-0.2, 0) is 16.0 Å². The highest BCUT2D eigenvalue weighted by Gasteiger charge is 2.24. The lowest BCUT2D eigenvalue weighted by Crippen LogP contribution is -2.43. The third kappa shape index (κ3) is 4.92. The summed E-state index contributed by atoms with van der Waals surface area (Å²) in [4.78, 5) is 40.6. The molecule has 0 fully saturated rings. The van der Waals surface area contributed by atoms with Crippen LogP contribution in [0.5, 0.6) is 0 Å². The van der Waals surface area contributed by atoms with Crippen molar-refractivity contribution in [2.75, 3.05) is 11.9 Å². The molecule has 2 rings (SSSR count). The summed E-state index contributed by atoms with van der Waals surface area (Å²) in [6.07, 6.45) is 0.831. The summed E-state index contributed by atoms with van der Waals surface area (Å²) >= 11 is 1.13. The van der Waals surface area contributed by atoms with Crippen LogP contribution in [0.25, 0.3) is 0 Å². The molecule has 1 unspecified atom stereocenters. The van der Waals surface area contributed by atoms with E-state index < -0.39 is 23.6 Å². The second-order valence-electron chi connectivity index (χ2n) is 6.51. The fourth-order valence-electron chi connectivity index (χ4n) is 2.05. The highest BCUT2D eigenvalue weighted by Crippen LogP contribution is 2.25. The number of aromatic nitrogens is 1. The number of hydrogen-bond acceptors (Lipinski definition) is 6. The van der Waals surface area contributed by atoms with Gasteiger partial charge in [0.2, 0.25) is 5.91 Å². The lowest BCUT2D eigenvalue weighted by molar-refractivity contribution is -0.117. The van der Waals surface area contributed by atoms with E-state index in [2.05, 4.69) is 20.9 Å². The van der Waals surface area contributed by atoms with Crippen LogP contribution < -0.4 is 16.0 Å². The molecule has 0 spiro atoms. The Morgan fingerprint density at radius 1 is 1.38 bits per heavy atom. The van der Waals surface area contributed by atoms with Crippen molar-refractivity contribution in [1.29, 1.82) is 0 Å². The van der Waals surface area contributed by atoms with Crippen LogP contribution in [0.3, 0.4) is 0 Å². The molecule has 3 amide bonds. The van der Waals surface area contributed by atoms with Gasteiger partial charge in [0.05, 0.1) is 5.69 Å². The van der Waals surface area contributed by atoms with E-state index in [1.54, 1.807) is 27.7 Å². The minimum atomic E-state index is -0.794. The molecule has 0 aromatic carbocycles. The summed E-state index contributed by atoms with van der Waals surface area (Å²) in [6, 6.07) is -0.794. The molecule has 0 radical (unpaired) electrons. The molecule has 1 atom stereocenters. The van der Waals surface area contributed by atoms with Crippen LogP contribution >= 0.6 is 11.3 Å². The van der Waals surface area contributed by atoms with Gasteiger partial charge in [-0.25, -0.2) is 9.78 Å². The Bertz CT molecular complexity index is 650. The Morgan fingerprint density at radius 3 is 2.75 bits per heavy atom. The van der Waals surface area contributed by atoms with E-state index in [1.807, 2.05) is 0 Å². The van der Waals surface area contributed by atoms with Gasteiger partial charge >= 0.3 is 6.09 Å². The van der Waals surface area contributed by atoms with Crippen molar-refractivity contribution in [3.05, 3.63) is 10.6 Å². The number of thiazole rings is 1. The summed E-state index contributed by atoms with van der Waals surface area (Å²) < 4.78 is 5.11. The monoisotopic (exact) mass is 354 g/mol. The second-order valence-corrected chi connectivity index (χ2v) is 7.51. The summed E-state index contributed by atoms with van der Waals surface area (Å²) in [7, 11) is 0. The quantitative estimate of drug-likeness (QED) is 0.765. The molecule has 1 aliphatic heterocycles. The third-order valence-electron chi connectivity index (χ3n) is 3.14. The predicted molar refractivity (Wildman–Crippen MR) is 90.2 cm³/mol. The third-order valence-corrected chi connectivity index (χ3v) is 4.15. The molecule has 24 heavy (non-hydrogen) atoms. The number of ether oxygens (including phenoxy) is 1. The van der Waals surface area contributed by atoms with E-state index >= 15 is 0 Å². The number of hydrogen-bond donors (Lipinski definition) is 3. The van der Waals surface area contributed by atoms with Crippen LogP contribution in [0.2, 0.25) is 0 Å². The number of alkyl carbamates (subject to hydrolysis) is 1. The van der Waals surface area contributed by atoms with Crippen molar-refractivity contribution >= 4 is 34.4 Å². The number of carbonyl (C=O) groups excluding carboxylic acids is 3. The van der Waals surface area contributed by atoms with E-state index in [4.69, 9.17) is 4.74 Å². The second kappa shape index (κ2) is 7.16. The highest BCUT2D eigenvalue weighted by atomic mass is 32.1. The van der Waals surface area contributed by atoms with Crippen molar-refractivity contribution in [3.63, 3.8) is 0 Å². The molecule has 1 aliphatic rings. The first-order valence-electron chi connectivity index (χ1n) is 7.74. The zero-order chi connectivity index (χ0) is 17.9. The topological polar surface area (TPSA) is 109 Å². The molecule has 1 aromatic rings. The van der Waals surface area contributed by atoms with Gasteiger partial charge in [0.15, 0.2) is 5.13 Å². The Kier molecular flexibility index (Phi) is 5.43. The SMILES string of the molecule is CC(NC(=O)OC(C)(C)C)C(=O)Nc1nc2c(s1)C(=O)NCCC2. The number of carbonyl (C=O) groups is 3. The van der Waals surface area contributed by atoms with Gasteiger partial charge in [-0.05, 0) is 40.5 Å². The molecular weight excluding hydrogens is 332 g/mol. The standard InChI is InChI=1S/C15H22N4O4S/c1-8(17-14(22)23-15(2,3)4)11(20)19-13-18-9-6-5-7-16-12(21)10(9)24-13/h8H,5-7H2,1-4H3,(H,16,21)(H,17,22)(H,18,19,20). The van der Waals surface area contributed by atoms with E-state index in [0.29, 0.717) is 28.7 Å². The smallest absolute Gasteiger partial charge is 0.408 e. The lowest BCUT2D eigenvalue weighted by atomic mass is 10.2. The molecule has 9 heteroatoms. The average molecular weight is 354 g/mol. The van der Waals surface area contributed by atoms with Crippen molar-refractivity contribution in [2.24, 2.45) is 0 Å². The minimum absolute atomic E-state index is 0.166. The molecule has 3 N–H and O–H groups in total. The summed E-state index contributed by atoms with van der Waals surface area (Å²) in [5.41, 5.74) is 0.0543. The number of anilines is 1. The molecular formula is C15H22N4O4S. The van der Waals surface area contributed by atoms with Gasteiger partial charge in [0.25, 0.3) is 5.91 Å². The molecule has 0 saturated heterocycles. The van der Waals surface area contributed by atoms with Gasteiger partial charge in [-0.15, -0.1) is 0 Å². The van der Waals surface area contributed by atoms with Gasteiger partial charge in [-0.1, -0.05) is 11.3 Å². The predicted octanol–water partition coefficient (Wildman–Crippen LogP) is 1.67. The zero-order valence-electron chi connectivity index (χ0n) is 14.2. The Labute approximate surface area is 144 Å². The number of amides is 3. The van der Waals surface area contributed by atoms with Crippen LogP contribution in [-0.4, -0.2) is 41.1 Å². The van der Waals surface area contributed by atoms with Crippen molar-refractivity contribution in [3.8, 4) is 0 Å². The Balaban J connectivity index is 1.96. The first kappa shape index (κ1) is 18.2. The largest absolute Gasteiger partial charge is 0.444 e. The first-order chi connectivity index (χ1) is 11.2. The van der Waals surface area contributed by atoms with E-state index in [-0.39, 0.29) is 5.91 Å². The number of nitrogens with one attached hydrogen (secondary N) is 3. The maximum Gasteiger partial charge on any atom is 0.408 e. The van der Waals surface area contributed by atoms with Crippen molar-refractivity contribution in [1.82, 2.24) is 15.6 Å². The maximum atomic E-state index is 12.2. The molecule has 0 aliphatic carbocycles. The molecule has 132 valence electrons. The van der Waals surface area contributed by atoms with Crippen molar-refractivity contribution < 1.29 is 19.1 Å². The minimum Gasteiger partial charge on any atom is -0.444 e. The van der Waals surface area contributed by atoms with E-state index in [0.717, 1.165) is 17.8 Å². The van der Waals surface area contributed by atoms with Crippen LogP contribution in [0.15, 0.2) is 0 Å².